The Morgan fingerprint density at radius 2 is 0.236 bits per heavy atom. The van der Waals surface area contributed by atoms with Crippen LogP contribution >= 0.6 is 0 Å². The molecular formula is C30H47Na7O35. The zero-order chi connectivity index (χ0) is 53.2. The van der Waals surface area contributed by atoms with Gasteiger partial charge in [0.15, 0.2) is 28.0 Å². The SMILES string of the molecule is O=C(O)CC(O)(CC(=O)O)C(=O)O.O=C(O)CC(O)(CC(=O)O)C(=O)O.O=C(O)CC(O)(CC(=O)O)C(=O)O.O=C(O)CC(O)(CC(=O)O)C(=O)O.O=C(O)CC(O)(CC(=O)O)C(=O)O.[NaH].[NaH].[NaH].[NaH].[NaH].[NaH].[NaH]. The number of carbonyl (C=O) groups is 15. The van der Waals surface area contributed by atoms with Gasteiger partial charge in [0.1, 0.15) is 0 Å². The fraction of sp³-hybridized carbons (Fsp3) is 0.500. The van der Waals surface area contributed by atoms with E-state index in [1.54, 1.807) is 0 Å². The van der Waals surface area contributed by atoms with Crippen molar-refractivity contribution in [2.45, 2.75) is 92.2 Å². The summed E-state index contributed by atoms with van der Waals surface area (Å²) in [6.07, 6.45) is -11.4. The summed E-state index contributed by atoms with van der Waals surface area (Å²) in [6.45, 7) is 0. The molecule has 0 aromatic rings. The summed E-state index contributed by atoms with van der Waals surface area (Å²) in [5.41, 5.74) is -13.7. The molecule has 72 heavy (non-hydrogen) atoms. The van der Waals surface area contributed by atoms with Crippen molar-refractivity contribution in [3.63, 3.8) is 0 Å². The molecule has 0 spiro atoms. The predicted octanol–water partition coefficient (Wildman–Crippen LogP) is -10.8. The fourth-order valence-electron chi connectivity index (χ4n) is 3.57. The first-order valence-electron chi connectivity index (χ1n) is 15.9. The van der Waals surface area contributed by atoms with Crippen LogP contribution in [0.3, 0.4) is 0 Å². The first kappa shape index (κ1) is 99.8. The first-order valence-corrected chi connectivity index (χ1v) is 15.9. The third-order valence-electron chi connectivity index (χ3n) is 6.43. The minimum absolute atomic E-state index is 0. The Bertz CT molecular complexity index is 1470. The Morgan fingerprint density at radius 1 is 0.181 bits per heavy atom. The quantitative estimate of drug-likeness (QED) is 0.0378. The molecule has 384 valence electrons. The first-order chi connectivity index (χ1) is 28.9. The molecule has 0 amide bonds. The van der Waals surface area contributed by atoms with Crippen LogP contribution in [-0.2, 0) is 71.9 Å². The second kappa shape index (κ2) is 47.1. The average Bonchev–Trinajstić information content (AvgIpc) is 3.01. The van der Waals surface area contributed by atoms with Crippen LogP contribution in [0.2, 0.25) is 0 Å². The van der Waals surface area contributed by atoms with Gasteiger partial charge >= 0.3 is 296 Å². The zero-order valence-electron chi connectivity index (χ0n) is 32.1. The van der Waals surface area contributed by atoms with Crippen molar-refractivity contribution in [2.75, 3.05) is 0 Å². The van der Waals surface area contributed by atoms with Gasteiger partial charge in [-0.1, -0.05) is 0 Å². The van der Waals surface area contributed by atoms with Gasteiger partial charge in [-0.3, -0.25) is 47.9 Å². The van der Waals surface area contributed by atoms with Crippen molar-refractivity contribution >= 4 is 296 Å². The fourth-order valence-corrected chi connectivity index (χ4v) is 3.57. The van der Waals surface area contributed by atoms with Gasteiger partial charge < -0.3 is 102 Å². The van der Waals surface area contributed by atoms with Crippen LogP contribution in [0, 0.1) is 0 Å². The third-order valence-corrected chi connectivity index (χ3v) is 6.43. The van der Waals surface area contributed by atoms with Crippen molar-refractivity contribution < 1.29 is 174 Å². The van der Waals surface area contributed by atoms with E-state index in [4.69, 9.17) is 102 Å². The van der Waals surface area contributed by atoms with E-state index < -0.39 is 182 Å². The van der Waals surface area contributed by atoms with Gasteiger partial charge in [0.25, 0.3) is 0 Å². The van der Waals surface area contributed by atoms with Crippen LogP contribution in [0.1, 0.15) is 64.2 Å². The Hall–Kier alpha value is -1.15. The molecule has 0 saturated heterocycles. The Kier molecular flexibility index (Phi) is 65.3. The standard InChI is InChI=1S/5C6H8O7.7Na.7H/c5*7-3(8)1-6(13,5(11)12)2-4(9)10;;;;;;;;;;;;;;/h5*13H,1-2H2,(H,7,8)(H,9,10)(H,11,12);;;;;;;;;;;;;;. The van der Waals surface area contributed by atoms with Crippen LogP contribution in [0.4, 0.5) is 0 Å². The molecule has 42 heteroatoms. The third kappa shape index (κ3) is 51.0. The molecule has 0 rings (SSSR count). The molecule has 0 aliphatic heterocycles. The summed E-state index contributed by atoms with van der Waals surface area (Å²) in [4.78, 5) is 152. The number of hydrogen-bond acceptors (Lipinski definition) is 20. The number of carboxylic acid groups (broad SMARTS) is 15. The van der Waals surface area contributed by atoms with E-state index in [2.05, 4.69) is 0 Å². The number of aliphatic carboxylic acids is 15. The molecule has 0 heterocycles. The van der Waals surface area contributed by atoms with Gasteiger partial charge in [0.05, 0.1) is 64.2 Å². The van der Waals surface area contributed by atoms with E-state index in [-0.39, 0.29) is 207 Å². The molecule has 0 unspecified atom stereocenters. The minimum atomic E-state index is -2.74. The summed E-state index contributed by atoms with van der Waals surface area (Å²) in [5, 5.41) is 169. The van der Waals surface area contributed by atoms with Gasteiger partial charge in [-0.15, -0.1) is 0 Å². The summed E-state index contributed by atoms with van der Waals surface area (Å²) < 4.78 is 0. The molecule has 0 aromatic heterocycles. The molecule has 20 N–H and O–H groups in total. The molecule has 0 aromatic carbocycles. The monoisotopic (exact) mass is 1130 g/mol. The van der Waals surface area contributed by atoms with Gasteiger partial charge in [-0.25, -0.2) is 24.0 Å². The molecule has 0 radical (unpaired) electrons. The summed E-state index contributed by atoms with van der Waals surface area (Å²) >= 11 is 0. The Morgan fingerprint density at radius 3 is 0.264 bits per heavy atom. The summed E-state index contributed by atoms with van der Waals surface area (Å²) in [5.74, 6) is -25.1. The average molecular weight is 1130 g/mol. The molecule has 0 fully saturated rings. The Labute approximate surface area is 555 Å². The van der Waals surface area contributed by atoms with E-state index in [0.717, 1.165) is 0 Å². The van der Waals surface area contributed by atoms with Crippen LogP contribution in [0.25, 0.3) is 0 Å². The summed E-state index contributed by atoms with van der Waals surface area (Å²) in [6, 6.07) is 0. The molecule has 0 aliphatic rings. The molecular weight excluding hydrogens is 1080 g/mol. The second-order valence-corrected chi connectivity index (χ2v) is 12.4. The number of rotatable bonds is 25. The van der Waals surface area contributed by atoms with Gasteiger partial charge in [0.2, 0.25) is 0 Å². The Balaban J connectivity index is -0.0000000610. The van der Waals surface area contributed by atoms with Crippen molar-refractivity contribution in [2.24, 2.45) is 0 Å². The van der Waals surface area contributed by atoms with Crippen LogP contribution in [0.15, 0.2) is 0 Å². The van der Waals surface area contributed by atoms with Crippen molar-refractivity contribution in [1.29, 1.82) is 0 Å². The van der Waals surface area contributed by atoms with Gasteiger partial charge in [-0.2, -0.15) is 0 Å². The molecule has 0 saturated carbocycles. The molecule has 0 atom stereocenters. The van der Waals surface area contributed by atoms with Crippen molar-refractivity contribution in [3.8, 4) is 0 Å². The van der Waals surface area contributed by atoms with E-state index >= 15 is 0 Å². The van der Waals surface area contributed by atoms with Crippen molar-refractivity contribution in [3.05, 3.63) is 0 Å². The van der Waals surface area contributed by atoms with E-state index in [0.29, 0.717) is 0 Å². The molecule has 0 aliphatic carbocycles. The number of aliphatic hydroxyl groups is 5. The van der Waals surface area contributed by atoms with Crippen LogP contribution in [-0.4, -0.2) is 427 Å². The topological polar surface area (TPSA) is 661 Å². The van der Waals surface area contributed by atoms with E-state index in [9.17, 15) is 71.9 Å². The number of hydrogen-bond donors (Lipinski definition) is 20. The normalized spacial score (nSPS) is 9.79. The van der Waals surface area contributed by atoms with Gasteiger partial charge in [-0.05, 0) is 0 Å². The predicted molar refractivity (Wildman–Crippen MR) is 235 cm³/mol. The zero-order valence-corrected chi connectivity index (χ0v) is 32.1. The van der Waals surface area contributed by atoms with Crippen LogP contribution in [0.5, 0.6) is 0 Å². The molecule has 0 bridgehead atoms. The van der Waals surface area contributed by atoms with Gasteiger partial charge in [0, 0.05) is 0 Å². The maximum absolute atomic E-state index is 10.3. The second-order valence-electron chi connectivity index (χ2n) is 12.4. The van der Waals surface area contributed by atoms with E-state index in [1.807, 2.05) is 0 Å². The van der Waals surface area contributed by atoms with Crippen molar-refractivity contribution in [1.82, 2.24) is 0 Å². The maximum atomic E-state index is 10.3. The van der Waals surface area contributed by atoms with E-state index in [1.165, 1.54) is 0 Å². The van der Waals surface area contributed by atoms with Crippen LogP contribution < -0.4 is 0 Å². The summed E-state index contributed by atoms with van der Waals surface area (Å²) in [7, 11) is 0. The number of carboxylic acids is 15. The molecule has 35 nitrogen and oxygen atoms in total.